The molecule has 2 N–H and O–H groups in total. The molecule has 0 atom stereocenters. The number of nitrogens with two attached hydrogens (primary N) is 1. The van der Waals surface area contributed by atoms with Gasteiger partial charge >= 0.3 is 0 Å². The lowest BCUT2D eigenvalue weighted by Gasteiger charge is -2.23. The zero-order valence-electron chi connectivity index (χ0n) is 12.6. The van der Waals surface area contributed by atoms with Gasteiger partial charge in [0.15, 0.2) is 5.82 Å². The van der Waals surface area contributed by atoms with E-state index in [1.807, 2.05) is 49.9 Å². The van der Waals surface area contributed by atoms with Crippen molar-refractivity contribution in [2.24, 2.45) is 0 Å². The number of rotatable bonds is 4. The molecule has 0 radical (unpaired) electrons. The Balaban J connectivity index is 2.36. The highest BCUT2D eigenvalue weighted by molar-refractivity contribution is 5.57. The van der Waals surface area contributed by atoms with Gasteiger partial charge in [0.2, 0.25) is 0 Å². The minimum absolute atomic E-state index is 0.597. The number of nitrogens with zero attached hydrogens (tertiary/aromatic N) is 4. The molecule has 0 amide bonds. The predicted molar refractivity (Wildman–Crippen MR) is 83.8 cm³/mol. The fourth-order valence-electron chi connectivity index (χ4n) is 2.13. The molecule has 0 saturated heterocycles. The lowest BCUT2D eigenvalue weighted by molar-refractivity contribution is 0.786. The molecule has 0 unspecified atom stereocenters. The molecule has 1 aromatic carbocycles. The van der Waals surface area contributed by atoms with Crippen LogP contribution in [0.5, 0.6) is 0 Å². The summed E-state index contributed by atoms with van der Waals surface area (Å²) in [7, 11) is 0. The number of benzene rings is 1. The van der Waals surface area contributed by atoms with Crippen LogP contribution in [0.15, 0.2) is 24.3 Å². The Kier molecular flexibility index (Phi) is 4.39. The zero-order valence-corrected chi connectivity index (χ0v) is 12.6. The first kappa shape index (κ1) is 14.8. The number of aryl methyl sites for hydroxylation is 1. The highest BCUT2D eigenvalue weighted by atomic mass is 15.3. The number of anilines is 2. The van der Waals surface area contributed by atoms with Crippen LogP contribution < -0.4 is 10.6 Å². The van der Waals surface area contributed by atoms with E-state index in [1.165, 1.54) is 0 Å². The zero-order chi connectivity index (χ0) is 15.4. The van der Waals surface area contributed by atoms with Crippen molar-refractivity contribution in [3.8, 4) is 6.07 Å². The van der Waals surface area contributed by atoms with E-state index >= 15 is 0 Å². The van der Waals surface area contributed by atoms with Crippen LogP contribution in [-0.4, -0.2) is 16.7 Å². The van der Waals surface area contributed by atoms with Gasteiger partial charge in [-0.25, -0.2) is 0 Å². The predicted octanol–water partition coefficient (Wildman–Crippen LogP) is 2.57. The second-order valence-corrected chi connectivity index (χ2v) is 4.98. The van der Waals surface area contributed by atoms with Crippen molar-refractivity contribution in [1.82, 2.24) is 10.2 Å². The molecule has 2 rings (SSSR count). The van der Waals surface area contributed by atoms with Gasteiger partial charge < -0.3 is 10.6 Å². The second kappa shape index (κ2) is 6.23. The Morgan fingerprint density at radius 2 is 1.86 bits per heavy atom. The lowest BCUT2D eigenvalue weighted by Crippen LogP contribution is -2.25. The van der Waals surface area contributed by atoms with Crippen molar-refractivity contribution in [3.63, 3.8) is 0 Å². The van der Waals surface area contributed by atoms with Gasteiger partial charge in [-0.1, -0.05) is 12.1 Å². The molecular formula is C16H19N5. The van der Waals surface area contributed by atoms with E-state index in [0.717, 1.165) is 29.1 Å². The first-order valence-corrected chi connectivity index (χ1v) is 6.90. The van der Waals surface area contributed by atoms with E-state index in [0.29, 0.717) is 17.9 Å². The highest BCUT2D eigenvalue weighted by Gasteiger charge is 2.16. The summed E-state index contributed by atoms with van der Waals surface area (Å²) < 4.78 is 0. The van der Waals surface area contributed by atoms with Crippen LogP contribution in [0.2, 0.25) is 0 Å². The highest BCUT2D eigenvalue weighted by Crippen LogP contribution is 2.23. The van der Waals surface area contributed by atoms with E-state index in [1.54, 1.807) is 0 Å². The van der Waals surface area contributed by atoms with Gasteiger partial charge in [0.1, 0.15) is 11.6 Å². The molecule has 5 nitrogen and oxygen atoms in total. The van der Waals surface area contributed by atoms with Crippen LogP contribution >= 0.6 is 0 Å². The summed E-state index contributed by atoms with van der Waals surface area (Å²) in [5.41, 5.74) is 9.84. The number of nitriles is 1. The normalized spacial score (nSPS) is 10.2. The molecule has 0 aliphatic rings. The molecule has 0 aliphatic heterocycles. The quantitative estimate of drug-likeness (QED) is 0.871. The Bertz CT molecular complexity index is 670. The van der Waals surface area contributed by atoms with Crippen LogP contribution in [-0.2, 0) is 6.54 Å². The molecule has 2 aromatic rings. The van der Waals surface area contributed by atoms with Crippen LogP contribution in [0.1, 0.15) is 29.3 Å². The third kappa shape index (κ3) is 3.11. The van der Waals surface area contributed by atoms with Gasteiger partial charge in [-0.15, -0.1) is 5.10 Å². The van der Waals surface area contributed by atoms with Crippen molar-refractivity contribution in [1.29, 1.82) is 5.26 Å². The molecule has 21 heavy (non-hydrogen) atoms. The molecule has 0 fully saturated rings. The van der Waals surface area contributed by atoms with Crippen molar-refractivity contribution in [2.45, 2.75) is 27.3 Å². The summed E-state index contributed by atoms with van der Waals surface area (Å²) in [6.45, 7) is 7.22. The standard InChI is InChI=1S/C16H19N5/c1-4-21(10-13-5-7-14(18)8-6-13)16-15(9-17)11(2)12(3)19-20-16/h5-8H,4,10,18H2,1-3H3. The topological polar surface area (TPSA) is 78.8 Å². The summed E-state index contributed by atoms with van der Waals surface area (Å²) in [6.07, 6.45) is 0. The Labute approximate surface area is 125 Å². The molecule has 0 aliphatic carbocycles. The number of aromatic nitrogens is 2. The van der Waals surface area contributed by atoms with Gasteiger partial charge in [0, 0.05) is 18.8 Å². The van der Waals surface area contributed by atoms with Gasteiger partial charge in [-0.05, 0) is 44.0 Å². The lowest BCUT2D eigenvalue weighted by atomic mass is 10.1. The number of nitrogen functional groups attached to an aromatic ring is 1. The fourth-order valence-corrected chi connectivity index (χ4v) is 2.13. The van der Waals surface area contributed by atoms with Crippen LogP contribution in [0.4, 0.5) is 11.5 Å². The van der Waals surface area contributed by atoms with Crippen LogP contribution in [0.3, 0.4) is 0 Å². The first-order valence-electron chi connectivity index (χ1n) is 6.90. The van der Waals surface area contributed by atoms with Gasteiger partial charge in [-0.2, -0.15) is 10.4 Å². The second-order valence-electron chi connectivity index (χ2n) is 4.98. The molecular weight excluding hydrogens is 262 g/mol. The molecule has 108 valence electrons. The average molecular weight is 281 g/mol. The summed E-state index contributed by atoms with van der Waals surface area (Å²) in [4.78, 5) is 2.05. The van der Waals surface area contributed by atoms with Crippen molar-refractivity contribution in [2.75, 3.05) is 17.2 Å². The minimum atomic E-state index is 0.597. The van der Waals surface area contributed by atoms with Crippen LogP contribution in [0, 0.1) is 25.2 Å². The number of hydrogen-bond acceptors (Lipinski definition) is 5. The molecule has 5 heteroatoms. The maximum Gasteiger partial charge on any atom is 0.169 e. The molecule has 1 aromatic heterocycles. The SMILES string of the molecule is CCN(Cc1ccc(N)cc1)c1nnc(C)c(C)c1C#N. The van der Waals surface area contributed by atoms with Crippen LogP contribution in [0.25, 0.3) is 0 Å². The molecule has 0 saturated carbocycles. The smallest absolute Gasteiger partial charge is 0.169 e. The van der Waals surface area contributed by atoms with E-state index in [-0.39, 0.29) is 0 Å². The summed E-state index contributed by atoms with van der Waals surface area (Å²) in [6, 6.07) is 9.97. The Morgan fingerprint density at radius 1 is 1.19 bits per heavy atom. The number of hydrogen-bond donors (Lipinski definition) is 1. The van der Waals surface area contributed by atoms with Gasteiger partial charge in [-0.3, -0.25) is 0 Å². The van der Waals surface area contributed by atoms with Crippen molar-refractivity contribution in [3.05, 3.63) is 46.6 Å². The Morgan fingerprint density at radius 3 is 2.43 bits per heavy atom. The molecule has 0 spiro atoms. The first-order chi connectivity index (χ1) is 10.1. The van der Waals surface area contributed by atoms with Gasteiger partial charge in [0.25, 0.3) is 0 Å². The summed E-state index contributed by atoms with van der Waals surface area (Å²) in [5.74, 6) is 0.639. The summed E-state index contributed by atoms with van der Waals surface area (Å²) >= 11 is 0. The van der Waals surface area contributed by atoms with E-state index in [2.05, 4.69) is 16.3 Å². The van der Waals surface area contributed by atoms with E-state index in [9.17, 15) is 5.26 Å². The third-order valence-electron chi connectivity index (χ3n) is 3.58. The maximum absolute atomic E-state index is 9.41. The maximum atomic E-state index is 9.41. The van der Waals surface area contributed by atoms with E-state index in [4.69, 9.17) is 5.73 Å². The molecule has 1 heterocycles. The monoisotopic (exact) mass is 281 g/mol. The fraction of sp³-hybridized carbons (Fsp3) is 0.312. The largest absolute Gasteiger partial charge is 0.399 e. The minimum Gasteiger partial charge on any atom is -0.399 e. The van der Waals surface area contributed by atoms with Crippen molar-refractivity contribution < 1.29 is 0 Å². The summed E-state index contributed by atoms with van der Waals surface area (Å²) in [5, 5.41) is 17.8. The average Bonchev–Trinajstić information content (AvgIpc) is 2.49. The van der Waals surface area contributed by atoms with Crippen molar-refractivity contribution >= 4 is 11.5 Å². The Hall–Kier alpha value is -2.61. The van der Waals surface area contributed by atoms with E-state index < -0.39 is 0 Å². The van der Waals surface area contributed by atoms with Gasteiger partial charge in [0.05, 0.1) is 5.69 Å². The third-order valence-corrected chi connectivity index (χ3v) is 3.58. The molecule has 0 bridgehead atoms.